The summed E-state index contributed by atoms with van der Waals surface area (Å²) in [6.45, 7) is 3.30. The summed E-state index contributed by atoms with van der Waals surface area (Å²) in [5, 5.41) is 7.95. The van der Waals surface area contributed by atoms with Crippen LogP contribution in [0, 0.1) is 0 Å². The predicted molar refractivity (Wildman–Crippen MR) is 78.6 cm³/mol. The molecule has 1 aromatic rings. The molecule has 1 unspecified atom stereocenters. The van der Waals surface area contributed by atoms with Gasteiger partial charge in [-0.15, -0.1) is 0 Å². The van der Waals surface area contributed by atoms with E-state index in [1.54, 1.807) is 0 Å². The van der Waals surface area contributed by atoms with Gasteiger partial charge in [0.25, 0.3) is 0 Å². The predicted octanol–water partition coefficient (Wildman–Crippen LogP) is 3.89. The summed E-state index contributed by atoms with van der Waals surface area (Å²) in [6.07, 6.45) is 12.4. The molecule has 20 heavy (non-hydrogen) atoms. The Bertz CT molecular complexity index is 415. The molecule has 0 bridgehead atoms. The molecule has 2 aliphatic rings. The maximum absolute atomic E-state index is 5.67. The number of nitrogens with zero attached hydrogens (tertiary/aromatic N) is 2. The van der Waals surface area contributed by atoms with Gasteiger partial charge in [0.2, 0.25) is 5.89 Å². The third kappa shape index (κ3) is 2.76. The van der Waals surface area contributed by atoms with Crippen molar-refractivity contribution < 1.29 is 4.52 Å². The molecule has 1 aliphatic heterocycles. The average molecular weight is 277 g/mol. The van der Waals surface area contributed by atoms with Crippen molar-refractivity contribution >= 4 is 0 Å². The van der Waals surface area contributed by atoms with Crippen molar-refractivity contribution in [2.24, 2.45) is 0 Å². The SMILES string of the molecule is CCCC1(c2nc(C3CCCCCC3)no2)CCCN1. The van der Waals surface area contributed by atoms with Crippen molar-refractivity contribution in [1.82, 2.24) is 15.5 Å². The first-order chi connectivity index (χ1) is 9.84. The van der Waals surface area contributed by atoms with E-state index < -0.39 is 0 Å². The summed E-state index contributed by atoms with van der Waals surface area (Å²) in [6, 6.07) is 0. The van der Waals surface area contributed by atoms with E-state index in [0.29, 0.717) is 5.92 Å². The summed E-state index contributed by atoms with van der Waals surface area (Å²) in [5.74, 6) is 2.33. The Kier molecular flexibility index (Phi) is 4.39. The van der Waals surface area contributed by atoms with Crippen LogP contribution in [0.3, 0.4) is 0 Å². The zero-order valence-electron chi connectivity index (χ0n) is 12.7. The molecule has 1 aliphatic carbocycles. The second-order valence-electron chi connectivity index (χ2n) is 6.51. The Hall–Kier alpha value is -0.900. The highest BCUT2D eigenvalue weighted by atomic mass is 16.5. The minimum Gasteiger partial charge on any atom is -0.337 e. The fourth-order valence-electron chi connectivity index (χ4n) is 3.87. The molecular formula is C16H27N3O. The van der Waals surface area contributed by atoms with Gasteiger partial charge in [-0.3, -0.25) is 0 Å². The first-order valence-electron chi connectivity index (χ1n) is 8.43. The van der Waals surface area contributed by atoms with Crippen LogP contribution in [0.15, 0.2) is 4.52 Å². The molecule has 1 atom stereocenters. The smallest absolute Gasteiger partial charge is 0.246 e. The van der Waals surface area contributed by atoms with Crippen LogP contribution in [0.25, 0.3) is 0 Å². The third-order valence-electron chi connectivity index (χ3n) is 4.99. The molecule has 112 valence electrons. The fraction of sp³-hybridized carbons (Fsp3) is 0.875. The molecule has 4 nitrogen and oxygen atoms in total. The highest BCUT2D eigenvalue weighted by molar-refractivity contribution is 5.08. The van der Waals surface area contributed by atoms with Crippen LogP contribution in [0.4, 0.5) is 0 Å². The minimum absolute atomic E-state index is 0.0370. The lowest BCUT2D eigenvalue weighted by atomic mass is 9.91. The van der Waals surface area contributed by atoms with Crippen LogP contribution in [0.1, 0.15) is 88.8 Å². The Morgan fingerprint density at radius 1 is 1.20 bits per heavy atom. The van der Waals surface area contributed by atoms with Gasteiger partial charge in [0.15, 0.2) is 5.82 Å². The quantitative estimate of drug-likeness (QED) is 0.848. The number of hydrogen-bond acceptors (Lipinski definition) is 4. The summed E-state index contributed by atoms with van der Waals surface area (Å²) >= 11 is 0. The van der Waals surface area contributed by atoms with Gasteiger partial charge in [-0.05, 0) is 38.6 Å². The third-order valence-corrected chi connectivity index (χ3v) is 4.99. The molecule has 1 saturated carbocycles. The van der Waals surface area contributed by atoms with E-state index in [1.165, 1.54) is 44.9 Å². The van der Waals surface area contributed by atoms with E-state index in [1.807, 2.05) is 0 Å². The van der Waals surface area contributed by atoms with Gasteiger partial charge in [-0.25, -0.2) is 0 Å². The van der Waals surface area contributed by atoms with Crippen molar-refractivity contribution in [2.45, 2.75) is 82.6 Å². The van der Waals surface area contributed by atoms with E-state index in [4.69, 9.17) is 9.51 Å². The maximum atomic E-state index is 5.67. The number of hydrogen-bond donors (Lipinski definition) is 1. The normalized spacial score (nSPS) is 28.6. The van der Waals surface area contributed by atoms with Crippen LogP contribution < -0.4 is 5.32 Å². The Morgan fingerprint density at radius 2 is 2.00 bits per heavy atom. The molecule has 0 spiro atoms. The lowest BCUT2D eigenvalue weighted by Gasteiger charge is -2.24. The lowest BCUT2D eigenvalue weighted by Crippen LogP contribution is -2.37. The van der Waals surface area contributed by atoms with Crippen molar-refractivity contribution in [1.29, 1.82) is 0 Å². The van der Waals surface area contributed by atoms with E-state index in [2.05, 4.69) is 17.4 Å². The van der Waals surface area contributed by atoms with Gasteiger partial charge in [-0.1, -0.05) is 44.2 Å². The molecule has 0 aromatic carbocycles. The maximum Gasteiger partial charge on any atom is 0.246 e. The van der Waals surface area contributed by atoms with E-state index >= 15 is 0 Å². The molecule has 0 radical (unpaired) electrons. The summed E-state index contributed by atoms with van der Waals surface area (Å²) < 4.78 is 5.67. The van der Waals surface area contributed by atoms with Crippen LogP contribution in [0.2, 0.25) is 0 Å². The standard InChI is InChI=1S/C16H27N3O/c1-2-10-16(11-7-12-17-16)15-18-14(19-20-15)13-8-5-3-4-6-9-13/h13,17H,2-12H2,1H3. The molecule has 2 fully saturated rings. The van der Waals surface area contributed by atoms with E-state index in [0.717, 1.165) is 37.5 Å². The van der Waals surface area contributed by atoms with Crippen molar-refractivity contribution in [3.63, 3.8) is 0 Å². The highest BCUT2D eigenvalue weighted by Crippen LogP contribution is 2.36. The summed E-state index contributed by atoms with van der Waals surface area (Å²) in [7, 11) is 0. The zero-order valence-corrected chi connectivity index (χ0v) is 12.7. The van der Waals surface area contributed by atoms with E-state index in [-0.39, 0.29) is 5.54 Å². The highest BCUT2D eigenvalue weighted by Gasteiger charge is 2.40. The molecule has 0 amide bonds. The van der Waals surface area contributed by atoms with Gasteiger partial charge in [0.1, 0.15) is 0 Å². The van der Waals surface area contributed by atoms with Crippen LogP contribution >= 0.6 is 0 Å². The molecule has 1 aromatic heterocycles. The minimum atomic E-state index is -0.0370. The second-order valence-corrected chi connectivity index (χ2v) is 6.51. The first-order valence-corrected chi connectivity index (χ1v) is 8.43. The number of aromatic nitrogens is 2. The van der Waals surface area contributed by atoms with Crippen molar-refractivity contribution in [3.05, 3.63) is 11.7 Å². The molecule has 4 heteroatoms. The second kappa shape index (κ2) is 6.25. The van der Waals surface area contributed by atoms with Gasteiger partial charge < -0.3 is 9.84 Å². The van der Waals surface area contributed by atoms with Crippen molar-refractivity contribution in [2.75, 3.05) is 6.54 Å². The van der Waals surface area contributed by atoms with Gasteiger partial charge in [0, 0.05) is 5.92 Å². The van der Waals surface area contributed by atoms with Gasteiger partial charge in [-0.2, -0.15) is 4.98 Å². The van der Waals surface area contributed by atoms with Crippen LogP contribution in [0.5, 0.6) is 0 Å². The molecule has 3 rings (SSSR count). The Morgan fingerprint density at radius 3 is 2.65 bits per heavy atom. The van der Waals surface area contributed by atoms with Crippen LogP contribution in [-0.4, -0.2) is 16.7 Å². The Balaban J connectivity index is 1.77. The number of rotatable bonds is 4. The largest absolute Gasteiger partial charge is 0.337 e. The Labute approximate surface area is 121 Å². The molecular weight excluding hydrogens is 250 g/mol. The molecule has 2 heterocycles. The van der Waals surface area contributed by atoms with E-state index in [9.17, 15) is 0 Å². The summed E-state index contributed by atoms with van der Waals surface area (Å²) in [5.41, 5.74) is -0.0370. The molecule has 1 saturated heterocycles. The fourth-order valence-corrected chi connectivity index (χ4v) is 3.87. The van der Waals surface area contributed by atoms with Gasteiger partial charge >= 0.3 is 0 Å². The van der Waals surface area contributed by atoms with Crippen LogP contribution in [-0.2, 0) is 5.54 Å². The topological polar surface area (TPSA) is 51.0 Å². The number of nitrogens with one attached hydrogen (secondary N) is 1. The average Bonchev–Trinajstić information content (AvgIpc) is 3.04. The monoisotopic (exact) mass is 277 g/mol. The van der Waals surface area contributed by atoms with Crippen molar-refractivity contribution in [3.8, 4) is 0 Å². The summed E-state index contributed by atoms with van der Waals surface area (Å²) in [4.78, 5) is 4.81. The van der Waals surface area contributed by atoms with Gasteiger partial charge in [0.05, 0.1) is 5.54 Å². The first kappa shape index (κ1) is 14.1. The molecule has 1 N–H and O–H groups in total. The lowest BCUT2D eigenvalue weighted by molar-refractivity contribution is 0.240. The zero-order chi connectivity index (χ0) is 13.8.